The molecule has 2 atom stereocenters. The molecule has 2 unspecified atom stereocenters. The largest absolute Gasteiger partial charge is 0.487 e. The Hall–Kier alpha value is -2.02. The molecule has 1 saturated heterocycles. The fraction of sp³-hybridized carbons (Fsp3) is 0.500. The summed E-state index contributed by atoms with van der Waals surface area (Å²) in [6.07, 6.45) is -1.30. The molecule has 1 amide bonds. The maximum Gasteiger partial charge on any atom is 0.411 e. The number of benzene rings is 1. The number of hydrogen-bond donors (Lipinski definition) is 1. The summed E-state index contributed by atoms with van der Waals surface area (Å²) in [5.74, 6) is -1.57. The molecule has 24 heavy (non-hydrogen) atoms. The van der Waals surface area contributed by atoms with E-state index >= 15 is 0 Å². The van der Waals surface area contributed by atoms with E-state index < -0.39 is 35.6 Å². The molecule has 1 aliphatic heterocycles. The van der Waals surface area contributed by atoms with Crippen LogP contribution >= 0.6 is 11.6 Å². The number of carboxylic acids is 1. The van der Waals surface area contributed by atoms with Crippen LogP contribution in [0.4, 0.5) is 9.18 Å². The highest BCUT2D eigenvalue weighted by Gasteiger charge is 2.42. The Kier molecular flexibility index (Phi) is 5.22. The summed E-state index contributed by atoms with van der Waals surface area (Å²) in [4.78, 5) is 24.7. The van der Waals surface area contributed by atoms with Crippen LogP contribution in [0.25, 0.3) is 0 Å². The third-order valence-corrected chi connectivity index (χ3v) is 3.67. The molecule has 6 nitrogen and oxygen atoms in total. The Morgan fingerprint density at radius 2 is 2.04 bits per heavy atom. The minimum Gasteiger partial charge on any atom is -0.487 e. The quantitative estimate of drug-likeness (QED) is 0.895. The maximum atomic E-state index is 13.3. The van der Waals surface area contributed by atoms with Crippen LogP contribution in [0, 0.1) is 5.82 Å². The number of ether oxygens (including phenoxy) is 2. The topological polar surface area (TPSA) is 76.1 Å². The van der Waals surface area contributed by atoms with Gasteiger partial charge in [-0.2, -0.15) is 0 Å². The van der Waals surface area contributed by atoms with Crippen molar-refractivity contribution in [1.82, 2.24) is 4.90 Å². The number of halogens is 2. The number of carbonyl (C=O) groups is 2. The normalized spacial score (nSPS) is 20.8. The van der Waals surface area contributed by atoms with Crippen LogP contribution in [0.15, 0.2) is 18.2 Å². The van der Waals surface area contributed by atoms with E-state index in [0.717, 1.165) is 11.0 Å². The first-order valence-corrected chi connectivity index (χ1v) is 7.79. The molecule has 0 spiro atoms. The van der Waals surface area contributed by atoms with Crippen molar-refractivity contribution >= 4 is 23.7 Å². The second-order valence-electron chi connectivity index (χ2n) is 6.54. The van der Waals surface area contributed by atoms with Crippen LogP contribution in [0.3, 0.4) is 0 Å². The van der Waals surface area contributed by atoms with Gasteiger partial charge in [-0.25, -0.2) is 14.0 Å². The highest BCUT2D eigenvalue weighted by molar-refractivity contribution is 6.32. The number of hydrogen-bond acceptors (Lipinski definition) is 4. The SMILES string of the molecule is CC(C)(C)OC(=O)N1CC(Oc2cc(F)ccc2Cl)CC1C(=O)O. The second-order valence-corrected chi connectivity index (χ2v) is 6.94. The standard InChI is InChI=1S/C16H19ClFNO5/c1-16(2,3)24-15(22)19-8-10(7-12(19)14(20)21)23-13-6-9(18)4-5-11(13)17/h4-6,10,12H,7-8H2,1-3H3,(H,20,21). The molecule has 1 N–H and O–H groups in total. The maximum absolute atomic E-state index is 13.3. The lowest BCUT2D eigenvalue weighted by molar-refractivity contribution is -0.142. The molecule has 0 bridgehead atoms. The van der Waals surface area contributed by atoms with Gasteiger partial charge in [-0.3, -0.25) is 4.90 Å². The molecular formula is C16H19ClFNO5. The molecule has 1 fully saturated rings. The molecular weight excluding hydrogens is 341 g/mol. The molecule has 2 rings (SSSR count). The third-order valence-electron chi connectivity index (χ3n) is 3.36. The van der Waals surface area contributed by atoms with Gasteiger partial charge in [0.1, 0.15) is 29.3 Å². The lowest BCUT2D eigenvalue weighted by atomic mass is 10.2. The molecule has 0 saturated carbocycles. The van der Waals surface area contributed by atoms with Crippen LogP contribution in [0.5, 0.6) is 5.75 Å². The number of carboxylic acid groups (broad SMARTS) is 1. The third kappa shape index (κ3) is 4.50. The van der Waals surface area contributed by atoms with Crippen LogP contribution < -0.4 is 4.74 Å². The second kappa shape index (κ2) is 6.84. The zero-order valence-electron chi connectivity index (χ0n) is 13.6. The van der Waals surface area contributed by atoms with Gasteiger partial charge in [-0.15, -0.1) is 0 Å². The van der Waals surface area contributed by atoms with E-state index in [-0.39, 0.29) is 23.7 Å². The number of rotatable bonds is 3. The summed E-state index contributed by atoms with van der Waals surface area (Å²) in [6.45, 7) is 5.09. The van der Waals surface area contributed by atoms with Gasteiger partial charge >= 0.3 is 12.1 Å². The number of aliphatic carboxylic acids is 1. The van der Waals surface area contributed by atoms with Gasteiger partial charge in [0.2, 0.25) is 0 Å². The summed E-state index contributed by atoms with van der Waals surface area (Å²) >= 11 is 5.95. The molecule has 0 aliphatic carbocycles. The molecule has 0 radical (unpaired) electrons. The first-order valence-electron chi connectivity index (χ1n) is 7.41. The monoisotopic (exact) mass is 359 g/mol. The Bertz CT molecular complexity index is 646. The van der Waals surface area contributed by atoms with Crippen molar-refractivity contribution in [3.8, 4) is 5.75 Å². The minimum atomic E-state index is -1.16. The van der Waals surface area contributed by atoms with E-state index in [1.165, 1.54) is 12.1 Å². The van der Waals surface area contributed by atoms with Crippen molar-refractivity contribution in [1.29, 1.82) is 0 Å². The predicted octanol–water partition coefficient (Wildman–Crippen LogP) is 3.32. The van der Waals surface area contributed by atoms with Crippen molar-refractivity contribution in [2.75, 3.05) is 6.54 Å². The lowest BCUT2D eigenvalue weighted by Gasteiger charge is -2.26. The van der Waals surface area contributed by atoms with E-state index in [4.69, 9.17) is 21.1 Å². The number of carbonyl (C=O) groups excluding carboxylic acids is 1. The number of likely N-dealkylation sites (tertiary alicyclic amines) is 1. The molecule has 132 valence electrons. The van der Waals surface area contributed by atoms with Gasteiger partial charge in [0.15, 0.2) is 0 Å². The average molecular weight is 360 g/mol. The average Bonchev–Trinajstić information content (AvgIpc) is 2.85. The van der Waals surface area contributed by atoms with Gasteiger partial charge in [0.05, 0.1) is 11.6 Å². The van der Waals surface area contributed by atoms with Gasteiger partial charge in [-0.05, 0) is 32.9 Å². The lowest BCUT2D eigenvalue weighted by Crippen LogP contribution is -2.43. The zero-order chi connectivity index (χ0) is 18.1. The summed E-state index contributed by atoms with van der Waals surface area (Å²) in [5.41, 5.74) is -0.745. The summed E-state index contributed by atoms with van der Waals surface area (Å²) in [6, 6.07) is 2.59. The molecule has 1 aromatic rings. The van der Waals surface area contributed by atoms with E-state index in [9.17, 15) is 19.1 Å². The molecule has 1 aliphatic rings. The summed E-state index contributed by atoms with van der Waals surface area (Å²) in [7, 11) is 0. The van der Waals surface area contributed by atoms with Crippen LogP contribution in [0.2, 0.25) is 5.02 Å². The van der Waals surface area contributed by atoms with Gasteiger partial charge in [0.25, 0.3) is 0 Å². The number of nitrogens with zero attached hydrogens (tertiary/aromatic N) is 1. The Labute approximate surface area is 144 Å². The van der Waals surface area contributed by atoms with Crippen LogP contribution in [0.1, 0.15) is 27.2 Å². The van der Waals surface area contributed by atoms with Crippen molar-refractivity contribution in [3.63, 3.8) is 0 Å². The highest BCUT2D eigenvalue weighted by Crippen LogP contribution is 2.30. The predicted molar refractivity (Wildman–Crippen MR) is 84.8 cm³/mol. The van der Waals surface area contributed by atoms with Crippen LogP contribution in [-0.4, -0.2) is 46.4 Å². The van der Waals surface area contributed by atoms with Gasteiger partial charge in [-0.1, -0.05) is 11.6 Å². The fourth-order valence-corrected chi connectivity index (χ4v) is 2.55. The van der Waals surface area contributed by atoms with Gasteiger partial charge < -0.3 is 14.6 Å². The van der Waals surface area contributed by atoms with E-state index in [1.807, 2.05) is 0 Å². The molecule has 1 heterocycles. The minimum absolute atomic E-state index is 0.0126. The molecule has 8 heteroatoms. The Morgan fingerprint density at radius 1 is 1.38 bits per heavy atom. The number of amides is 1. The smallest absolute Gasteiger partial charge is 0.411 e. The summed E-state index contributed by atoms with van der Waals surface area (Å²) in [5, 5.41) is 9.53. The first kappa shape index (κ1) is 18.3. The fourth-order valence-electron chi connectivity index (χ4n) is 2.39. The summed E-state index contributed by atoms with van der Waals surface area (Å²) < 4.78 is 24.1. The van der Waals surface area contributed by atoms with Crippen molar-refractivity contribution in [2.24, 2.45) is 0 Å². The first-order chi connectivity index (χ1) is 11.1. The van der Waals surface area contributed by atoms with Crippen LogP contribution in [-0.2, 0) is 9.53 Å². The Morgan fingerprint density at radius 3 is 2.62 bits per heavy atom. The molecule has 0 aromatic heterocycles. The van der Waals surface area contributed by atoms with Crippen molar-refractivity contribution in [2.45, 2.75) is 44.9 Å². The van der Waals surface area contributed by atoms with Crippen molar-refractivity contribution in [3.05, 3.63) is 29.0 Å². The van der Waals surface area contributed by atoms with E-state index in [2.05, 4.69) is 0 Å². The zero-order valence-corrected chi connectivity index (χ0v) is 14.3. The Balaban J connectivity index is 2.13. The van der Waals surface area contributed by atoms with E-state index in [0.29, 0.717) is 0 Å². The molecule has 1 aromatic carbocycles. The van der Waals surface area contributed by atoms with Crippen molar-refractivity contribution < 1.29 is 28.6 Å². The highest BCUT2D eigenvalue weighted by atomic mass is 35.5. The van der Waals surface area contributed by atoms with Gasteiger partial charge in [0, 0.05) is 12.5 Å². The van der Waals surface area contributed by atoms with E-state index in [1.54, 1.807) is 20.8 Å².